The van der Waals surface area contributed by atoms with Crippen molar-refractivity contribution in [3.63, 3.8) is 0 Å². The molecule has 1 aliphatic heterocycles. The maximum absolute atomic E-state index is 13.2. The van der Waals surface area contributed by atoms with Crippen LogP contribution in [0.1, 0.15) is 12.0 Å². The zero-order valence-corrected chi connectivity index (χ0v) is 21.4. The first kappa shape index (κ1) is 24.5. The number of ether oxygens (including phenoxy) is 2. The number of hydrogen-bond donors (Lipinski definition) is 0. The summed E-state index contributed by atoms with van der Waals surface area (Å²) in [6, 6.07) is 22.3. The summed E-state index contributed by atoms with van der Waals surface area (Å²) in [5, 5.41) is 8.48. The fourth-order valence-corrected chi connectivity index (χ4v) is 4.96. The van der Waals surface area contributed by atoms with Gasteiger partial charge < -0.3 is 9.47 Å². The Balaban J connectivity index is 1.47. The molecule has 9 heteroatoms. The number of thioether (sulfide) groups is 1. The molecule has 1 fully saturated rings. The predicted octanol–water partition coefficient (Wildman–Crippen LogP) is 4.96. The lowest BCUT2D eigenvalue weighted by molar-refractivity contribution is -0.121. The van der Waals surface area contributed by atoms with E-state index in [1.54, 1.807) is 26.4 Å². The fraction of sp³-hybridized carbons (Fsp3) is 0.179. The fourth-order valence-electron chi connectivity index (χ4n) is 4.04. The Morgan fingerprint density at radius 1 is 0.784 bits per heavy atom. The van der Waals surface area contributed by atoms with Gasteiger partial charge in [0.25, 0.3) is 0 Å². The molecule has 0 unspecified atom stereocenters. The van der Waals surface area contributed by atoms with E-state index >= 15 is 0 Å². The summed E-state index contributed by atoms with van der Waals surface area (Å²) in [5.41, 5.74) is 4.46. The summed E-state index contributed by atoms with van der Waals surface area (Å²) in [6.07, 6.45) is 0.0683. The monoisotopic (exact) mass is 512 g/mol. The molecule has 8 nitrogen and oxygen atoms in total. The number of imide groups is 1. The summed E-state index contributed by atoms with van der Waals surface area (Å²) in [7, 11) is 3.22. The first-order valence-corrected chi connectivity index (χ1v) is 12.5. The average molecular weight is 513 g/mol. The van der Waals surface area contributed by atoms with Gasteiger partial charge in [-0.1, -0.05) is 29.5 Å². The number of hydrogen-bond acceptors (Lipinski definition) is 8. The van der Waals surface area contributed by atoms with Crippen molar-refractivity contribution in [3.8, 4) is 34.0 Å². The number of anilines is 1. The molecule has 1 atom stereocenters. The highest BCUT2D eigenvalue weighted by Crippen LogP contribution is 2.36. The minimum Gasteiger partial charge on any atom is -0.497 e. The molecule has 0 radical (unpaired) electrons. The van der Waals surface area contributed by atoms with E-state index in [9.17, 15) is 9.59 Å². The van der Waals surface area contributed by atoms with E-state index in [0.29, 0.717) is 22.2 Å². The summed E-state index contributed by atoms with van der Waals surface area (Å²) in [4.78, 5) is 31.9. The largest absolute Gasteiger partial charge is 0.497 e. The maximum atomic E-state index is 13.2. The third kappa shape index (κ3) is 5.03. The highest BCUT2D eigenvalue weighted by atomic mass is 32.2. The Bertz CT molecular complexity index is 1440. The van der Waals surface area contributed by atoms with Crippen molar-refractivity contribution in [2.75, 3.05) is 19.1 Å². The Labute approximate surface area is 218 Å². The number of benzene rings is 3. The van der Waals surface area contributed by atoms with Crippen LogP contribution >= 0.6 is 11.8 Å². The van der Waals surface area contributed by atoms with Crippen molar-refractivity contribution < 1.29 is 19.1 Å². The van der Waals surface area contributed by atoms with Crippen LogP contribution in [0.5, 0.6) is 11.5 Å². The SMILES string of the molecule is COc1ccc(-c2nnc(S[C@@H]3CC(=O)N(c4ccc(C)cc4)C3=O)nc2-c2ccc(OC)cc2)cc1. The second-order valence-corrected chi connectivity index (χ2v) is 9.63. The van der Waals surface area contributed by atoms with E-state index < -0.39 is 5.25 Å². The molecule has 2 amide bonds. The highest BCUT2D eigenvalue weighted by molar-refractivity contribution is 8.00. The molecule has 37 heavy (non-hydrogen) atoms. The molecule has 3 aromatic carbocycles. The number of aromatic nitrogens is 3. The summed E-state index contributed by atoms with van der Waals surface area (Å²) in [6.45, 7) is 1.95. The Hall–Kier alpha value is -4.24. The first-order chi connectivity index (χ1) is 18.0. The van der Waals surface area contributed by atoms with Gasteiger partial charge in [-0.05, 0) is 67.6 Å². The number of nitrogens with zero attached hydrogens (tertiary/aromatic N) is 4. The Morgan fingerprint density at radius 2 is 1.35 bits per heavy atom. The topological polar surface area (TPSA) is 94.5 Å². The average Bonchev–Trinajstić information content (AvgIpc) is 3.21. The first-order valence-electron chi connectivity index (χ1n) is 11.6. The summed E-state index contributed by atoms with van der Waals surface area (Å²) in [5.74, 6) is 0.917. The number of aryl methyl sites for hydroxylation is 1. The maximum Gasteiger partial charge on any atom is 0.247 e. The quantitative estimate of drug-likeness (QED) is 0.321. The number of rotatable bonds is 7. The lowest BCUT2D eigenvalue weighted by atomic mass is 10.0. The molecular weight excluding hydrogens is 488 g/mol. The van der Waals surface area contributed by atoms with Gasteiger partial charge in [-0.15, -0.1) is 10.2 Å². The standard InChI is InChI=1S/C28H24N4O4S/c1-17-4-10-20(11-5-17)32-24(33)16-23(27(32)34)37-28-29-25(18-6-12-21(35-2)13-7-18)26(30-31-28)19-8-14-22(36-3)15-9-19/h4-15,23H,16H2,1-3H3/t23-/m1/s1. The van der Waals surface area contributed by atoms with E-state index in [4.69, 9.17) is 14.5 Å². The van der Waals surface area contributed by atoms with Crippen LogP contribution in [0.4, 0.5) is 5.69 Å². The molecule has 0 spiro atoms. The second-order valence-electron chi connectivity index (χ2n) is 8.46. The summed E-state index contributed by atoms with van der Waals surface area (Å²) < 4.78 is 10.6. The van der Waals surface area contributed by atoms with Crippen molar-refractivity contribution in [2.45, 2.75) is 23.8 Å². The molecule has 1 saturated heterocycles. The van der Waals surface area contributed by atoms with Gasteiger partial charge >= 0.3 is 0 Å². The third-order valence-corrected chi connectivity index (χ3v) is 7.08. The number of carbonyl (C=O) groups is 2. The number of methoxy groups -OCH3 is 2. The molecule has 186 valence electrons. The van der Waals surface area contributed by atoms with Crippen molar-refractivity contribution in [2.24, 2.45) is 0 Å². The summed E-state index contributed by atoms with van der Waals surface area (Å²) >= 11 is 1.15. The zero-order chi connectivity index (χ0) is 25.9. The van der Waals surface area contributed by atoms with Gasteiger partial charge in [0.15, 0.2) is 0 Å². The van der Waals surface area contributed by atoms with Crippen LogP contribution in [-0.4, -0.2) is 46.5 Å². The number of amides is 2. The molecule has 0 N–H and O–H groups in total. The molecule has 4 aromatic rings. The lowest BCUT2D eigenvalue weighted by Crippen LogP contribution is -2.31. The van der Waals surface area contributed by atoms with Crippen LogP contribution in [-0.2, 0) is 9.59 Å². The van der Waals surface area contributed by atoms with Gasteiger partial charge in [-0.25, -0.2) is 9.88 Å². The van der Waals surface area contributed by atoms with Gasteiger partial charge in [0.2, 0.25) is 17.0 Å². The van der Waals surface area contributed by atoms with E-state index in [1.165, 1.54) is 4.90 Å². The smallest absolute Gasteiger partial charge is 0.247 e. The Kier molecular flexibility index (Phi) is 6.87. The molecule has 0 bridgehead atoms. The van der Waals surface area contributed by atoms with Gasteiger partial charge in [-0.2, -0.15) is 0 Å². The normalized spacial score (nSPS) is 15.2. The Morgan fingerprint density at radius 3 is 1.92 bits per heavy atom. The van der Waals surface area contributed by atoms with Crippen LogP contribution in [0.25, 0.3) is 22.5 Å². The van der Waals surface area contributed by atoms with E-state index in [1.807, 2.05) is 67.6 Å². The van der Waals surface area contributed by atoms with E-state index in [2.05, 4.69) is 10.2 Å². The van der Waals surface area contributed by atoms with Crippen LogP contribution < -0.4 is 14.4 Å². The van der Waals surface area contributed by atoms with Gasteiger partial charge in [0.1, 0.15) is 28.1 Å². The molecular formula is C28H24N4O4S. The van der Waals surface area contributed by atoms with Gasteiger partial charge in [0.05, 0.1) is 19.9 Å². The molecule has 1 aromatic heterocycles. The van der Waals surface area contributed by atoms with Crippen LogP contribution in [0.15, 0.2) is 78.0 Å². The van der Waals surface area contributed by atoms with Crippen LogP contribution in [0.2, 0.25) is 0 Å². The van der Waals surface area contributed by atoms with Crippen LogP contribution in [0, 0.1) is 6.92 Å². The second kappa shape index (κ2) is 10.4. The lowest BCUT2D eigenvalue weighted by Gasteiger charge is -2.15. The van der Waals surface area contributed by atoms with Crippen molar-refractivity contribution >= 4 is 29.3 Å². The minimum absolute atomic E-state index is 0.0683. The molecule has 5 rings (SSSR count). The number of carbonyl (C=O) groups excluding carboxylic acids is 2. The van der Waals surface area contributed by atoms with Crippen molar-refractivity contribution in [3.05, 3.63) is 78.4 Å². The van der Waals surface area contributed by atoms with Gasteiger partial charge in [0, 0.05) is 17.5 Å². The highest BCUT2D eigenvalue weighted by Gasteiger charge is 2.40. The van der Waals surface area contributed by atoms with E-state index in [-0.39, 0.29) is 18.2 Å². The van der Waals surface area contributed by atoms with Crippen molar-refractivity contribution in [1.82, 2.24) is 15.2 Å². The predicted molar refractivity (Wildman–Crippen MR) is 142 cm³/mol. The zero-order valence-electron chi connectivity index (χ0n) is 20.5. The minimum atomic E-state index is -0.633. The van der Waals surface area contributed by atoms with Crippen molar-refractivity contribution in [1.29, 1.82) is 0 Å². The van der Waals surface area contributed by atoms with Gasteiger partial charge in [-0.3, -0.25) is 9.59 Å². The molecule has 0 aliphatic carbocycles. The van der Waals surface area contributed by atoms with Crippen LogP contribution in [0.3, 0.4) is 0 Å². The van der Waals surface area contributed by atoms with E-state index in [0.717, 1.165) is 40.0 Å². The molecule has 0 saturated carbocycles. The third-order valence-electron chi connectivity index (χ3n) is 6.04. The molecule has 1 aliphatic rings. The molecule has 2 heterocycles.